The fourth-order valence-corrected chi connectivity index (χ4v) is 3.06. The second kappa shape index (κ2) is 5.45. The number of hydrogen-bond donors (Lipinski definition) is 0. The first-order valence-corrected chi connectivity index (χ1v) is 7.63. The van der Waals surface area contributed by atoms with Crippen LogP contribution in [0.3, 0.4) is 0 Å². The first kappa shape index (κ1) is 13.4. The molecule has 1 aliphatic heterocycles. The number of anilines is 1. The van der Waals surface area contributed by atoms with Gasteiger partial charge in [-0.1, -0.05) is 18.2 Å². The Hall–Kier alpha value is -1.54. The maximum Gasteiger partial charge on any atom is 0.298 e. The van der Waals surface area contributed by atoms with Crippen molar-refractivity contribution in [3.8, 4) is 0 Å². The summed E-state index contributed by atoms with van der Waals surface area (Å²) in [6, 6.07) is 12.4. The zero-order chi connectivity index (χ0) is 14.1. The molecule has 0 spiro atoms. The zero-order valence-electron chi connectivity index (χ0n) is 10.1. The highest BCUT2D eigenvalue weighted by molar-refractivity contribution is 14.1. The van der Waals surface area contributed by atoms with Crippen LogP contribution in [0.25, 0.3) is 6.08 Å². The fraction of sp³-hybridized carbons (Fsp3) is 0. The smallest absolute Gasteiger partial charge is 0.298 e. The third kappa shape index (κ3) is 2.53. The number of nitrogens with zero attached hydrogens (tertiary/aromatic N) is 1. The molecule has 6 heteroatoms. The van der Waals surface area contributed by atoms with Gasteiger partial charge in [0.2, 0.25) is 0 Å². The van der Waals surface area contributed by atoms with Crippen molar-refractivity contribution in [1.82, 2.24) is 0 Å². The minimum absolute atomic E-state index is 0.297. The van der Waals surface area contributed by atoms with Gasteiger partial charge in [-0.2, -0.15) is 0 Å². The van der Waals surface area contributed by atoms with Gasteiger partial charge in [-0.15, -0.1) is 0 Å². The number of amides is 2. The van der Waals surface area contributed by atoms with Crippen molar-refractivity contribution in [3.63, 3.8) is 0 Å². The Morgan fingerprint density at radius 2 is 1.85 bits per heavy atom. The zero-order valence-corrected chi connectivity index (χ0v) is 13.1. The maximum absolute atomic E-state index is 12.3. The Kier molecular flexibility index (Phi) is 3.66. The standard InChI is InChI=1S/C14H8INO3S/c15-12-7-6-10(19-12)8-11-13(17)16(14(18)20-11)9-4-2-1-3-5-9/h1-8H/b11-8-. The highest BCUT2D eigenvalue weighted by atomic mass is 127. The van der Waals surface area contributed by atoms with E-state index in [-0.39, 0.29) is 11.1 Å². The van der Waals surface area contributed by atoms with Crippen LogP contribution < -0.4 is 4.90 Å². The van der Waals surface area contributed by atoms with Crippen molar-refractivity contribution in [2.45, 2.75) is 0 Å². The lowest BCUT2D eigenvalue weighted by Gasteiger charge is -2.11. The van der Waals surface area contributed by atoms with Gasteiger partial charge in [-0.05, 0) is 58.6 Å². The molecule has 3 rings (SSSR count). The van der Waals surface area contributed by atoms with E-state index in [9.17, 15) is 9.59 Å². The third-order valence-corrected chi connectivity index (χ3v) is 4.12. The minimum atomic E-state index is -0.322. The summed E-state index contributed by atoms with van der Waals surface area (Å²) in [4.78, 5) is 25.8. The van der Waals surface area contributed by atoms with E-state index < -0.39 is 0 Å². The van der Waals surface area contributed by atoms with Crippen LogP contribution in [-0.4, -0.2) is 11.1 Å². The number of rotatable bonds is 2. The lowest BCUT2D eigenvalue weighted by Crippen LogP contribution is -2.27. The van der Waals surface area contributed by atoms with E-state index in [0.717, 1.165) is 15.5 Å². The topological polar surface area (TPSA) is 50.5 Å². The van der Waals surface area contributed by atoms with Crippen LogP contribution in [0.5, 0.6) is 0 Å². The summed E-state index contributed by atoms with van der Waals surface area (Å²) in [5, 5.41) is -0.297. The summed E-state index contributed by atoms with van der Waals surface area (Å²) in [6.45, 7) is 0. The van der Waals surface area contributed by atoms with Crippen molar-refractivity contribution < 1.29 is 14.0 Å². The Balaban J connectivity index is 1.93. The van der Waals surface area contributed by atoms with Crippen LogP contribution in [0.4, 0.5) is 10.5 Å². The Morgan fingerprint density at radius 1 is 1.10 bits per heavy atom. The number of halogens is 1. The van der Waals surface area contributed by atoms with Gasteiger partial charge in [-0.25, -0.2) is 4.90 Å². The highest BCUT2D eigenvalue weighted by Gasteiger charge is 2.36. The number of carbonyl (C=O) groups excluding carboxylic acids is 2. The van der Waals surface area contributed by atoms with E-state index in [0.29, 0.717) is 16.4 Å². The van der Waals surface area contributed by atoms with E-state index in [4.69, 9.17) is 4.42 Å². The summed E-state index contributed by atoms with van der Waals surface area (Å²) in [7, 11) is 0. The SMILES string of the molecule is O=C1S/C(=C\c2ccc(I)o2)C(=O)N1c1ccccc1. The van der Waals surface area contributed by atoms with Crippen molar-refractivity contribution in [1.29, 1.82) is 0 Å². The van der Waals surface area contributed by atoms with Crippen LogP contribution in [-0.2, 0) is 4.79 Å². The molecule has 0 aliphatic carbocycles. The largest absolute Gasteiger partial charge is 0.451 e. The molecule has 1 aromatic heterocycles. The van der Waals surface area contributed by atoms with E-state index in [2.05, 4.69) is 0 Å². The summed E-state index contributed by atoms with van der Waals surface area (Å²) in [6.07, 6.45) is 1.59. The lowest BCUT2D eigenvalue weighted by molar-refractivity contribution is -0.113. The quantitative estimate of drug-likeness (QED) is 0.565. The van der Waals surface area contributed by atoms with Crippen molar-refractivity contribution in [2.75, 3.05) is 4.90 Å². The molecule has 2 heterocycles. The molecule has 0 saturated carbocycles. The van der Waals surface area contributed by atoms with Gasteiger partial charge in [0.25, 0.3) is 11.1 Å². The van der Waals surface area contributed by atoms with E-state index >= 15 is 0 Å². The van der Waals surface area contributed by atoms with Crippen molar-refractivity contribution >= 4 is 57.3 Å². The van der Waals surface area contributed by atoms with Gasteiger partial charge in [0.05, 0.1) is 10.6 Å². The predicted molar refractivity (Wildman–Crippen MR) is 86.3 cm³/mol. The predicted octanol–water partition coefficient (Wildman–Crippen LogP) is 4.13. The lowest BCUT2D eigenvalue weighted by atomic mass is 10.3. The molecule has 0 atom stereocenters. The molecule has 2 aromatic rings. The molecule has 0 radical (unpaired) electrons. The first-order valence-electron chi connectivity index (χ1n) is 5.73. The molecule has 20 heavy (non-hydrogen) atoms. The van der Waals surface area contributed by atoms with Crippen molar-refractivity contribution in [2.24, 2.45) is 0 Å². The van der Waals surface area contributed by atoms with Gasteiger partial charge in [-0.3, -0.25) is 9.59 Å². The Morgan fingerprint density at radius 3 is 2.50 bits per heavy atom. The van der Waals surface area contributed by atoms with Gasteiger partial charge in [0.1, 0.15) is 5.76 Å². The Labute approximate surface area is 133 Å². The molecular weight excluding hydrogens is 389 g/mol. The number of benzene rings is 1. The maximum atomic E-state index is 12.3. The van der Waals surface area contributed by atoms with E-state index in [1.807, 2.05) is 28.7 Å². The number of thioether (sulfide) groups is 1. The molecule has 1 aromatic carbocycles. The fourth-order valence-electron chi connectivity index (χ4n) is 1.80. The number of furan rings is 1. The van der Waals surface area contributed by atoms with Gasteiger partial charge in [0, 0.05) is 6.08 Å². The molecule has 2 amide bonds. The molecule has 4 nitrogen and oxygen atoms in total. The van der Waals surface area contributed by atoms with E-state index in [1.165, 1.54) is 4.90 Å². The van der Waals surface area contributed by atoms with Crippen LogP contribution >= 0.6 is 34.4 Å². The van der Waals surface area contributed by atoms with Gasteiger partial charge >= 0.3 is 0 Å². The molecular formula is C14H8INO3S. The summed E-state index contributed by atoms with van der Waals surface area (Å²) in [5.41, 5.74) is 0.576. The second-order valence-corrected chi connectivity index (χ2v) is 6.05. The van der Waals surface area contributed by atoms with Crippen LogP contribution in [0.1, 0.15) is 5.76 Å². The minimum Gasteiger partial charge on any atom is -0.451 e. The third-order valence-electron chi connectivity index (χ3n) is 2.68. The van der Waals surface area contributed by atoms with E-state index in [1.54, 1.807) is 42.5 Å². The molecule has 100 valence electrons. The number of carbonyl (C=O) groups is 2. The summed E-state index contributed by atoms with van der Waals surface area (Å²) >= 11 is 2.96. The molecule has 1 saturated heterocycles. The number of imide groups is 1. The van der Waals surface area contributed by atoms with Gasteiger partial charge in [0.15, 0.2) is 3.77 Å². The normalized spacial score (nSPS) is 17.2. The second-order valence-electron chi connectivity index (χ2n) is 3.99. The Bertz CT molecular complexity index is 708. The summed E-state index contributed by atoms with van der Waals surface area (Å²) < 4.78 is 6.12. The monoisotopic (exact) mass is 397 g/mol. The summed E-state index contributed by atoms with van der Waals surface area (Å²) in [5.74, 6) is 0.241. The molecule has 1 fully saturated rings. The first-order chi connectivity index (χ1) is 9.65. The number of hydrogen-bond acceptors (Lipinski definition) is 4. The van der Waals surface area contributed by atoms with Gasteiger partial charge < -0.3 is 4.42 Å². The highest BCUT2D eigenvalue weighted by Crippen LogP contribution is 2.35. The van der Waals surface area contributed by atoms with Crippen molar-refractivity contribution in [3.05, 3.63) is 56.9 Å². The average Bonchev–Trinajstić information content (AvgIpc) is 2.96. The van der Waals surface area contributed by atoms with Crippen LogP contribution in [0, 0.1) is 3.77 Å². The van der Waals surface area contributed by atoms with Crippen LogP contribution in [0.2, 0.25) is 0 Å². The van der Waals surface area contributed by atoms with Crippen LogP contribution in [0.15, 0.2) is 51.8 Å². The molecule has 0 bridgehead atoms. The molecule has 0 unspecified atom stereocenters. The molecule has 1 aliphatic rings. The number of para-hydroxylation sites is 1. The average molecular weight is 397 g/mol. The molecule has 0 N–H and O–H groups in total.